The predicted octanol–water partition coefficient (Wildman–Crippen LogP) is 5.13. The number of hydrogen-bond donors (Lipinski definition) is 1. The Labute approximate surface area is 199 Å². The first-order chi connectivity index (χ1) is 16.7. The Kier molecular flexibility index (Phi) is 5.60. The number of aromatic nitrogens is 2. The summed E-state index contributed by atoms with van der Waals surface area (Å²) in [5, 5.41) is 11.0. The van der Waals surface area contributed by atoms with E-state index in [9.17, 15) is 27.9 Å². The molecule has 10 heteroatoms. The summed E-state index contributed by atoms with van der Waals surface area (Å²) in [5.41, 5.74) is -0.373. The van der Waals surface area contributed by atoms with Gasteiger partial charge in [0, 0.05) is 17.2 Å². The van der Waals surface area contributed by atoms with E-state index < -0.39 is 39.3 Å². The van der Waals surface area contributed by atoms with E-state index in [0.717, 1.165) is 12.1 Å². The fourth-order valence-corrected chi connectivity index (χ4v) is 4.58. The van der Waals surface area contributed by atoms with Crippen molar-refractivity contribution in [2.24, 2.45) is 0 Å². The van der Waals surface area contributed by atoms with Crippen LogP contribution in [0.5, 0.6) is 5.75 Å². The fourth-order valence-electron chi connectivity index (χ4n) is 3.75. The highest BCUT2D eigenvalue weighted by Gasteiger charge is 2.24. The Bertz CT molecular complexity index is 1750. The fraction of sp³-hybridized carbons (Fsp3) is 0.0800. The standard InChI is InChI=1S/C25H15F3N2O4S/c1-12-8-16-21-19(20(31)22(25(33)34-21)35-18-7-6-15(27)9-17(18)28)24(32)30(23(16)29-10-12)11-13-2-4-14(26)5-3-13/h2-10,31H,11H2,1H3. The second kappa shape index (κ2) is 8.62. The topological polar surface area (TPSA) is 85.3 Å². The zero-order valence-corrected chi connectivity index (χ0v) is 18.8. The number of aryl methyl sites for hydroxylation is 1. The van der Waals surface area contributed by atoms with Gasteiger partial charge in [-0.15, -0.1) is 0 Å². The molecule has 0 fully saturated rings. The maximum Gasteiger partial charge on any atom is 0.354 e. The van der Waals surface area contributed by atoms with E-state index in [4.69, 9.17) is 4.42 Å². The molecule has 5 rings (SSSR count). The molecule has 0 saturated heterocycles. The third-order valence-electron chi connectivity index (χ3n) is 5.38. The number of nitrogens with zero attached hydrogens (tertiary/aromatic N) is 2. The van der Waals surface area contributed by atoms with E-state index in [1.165, 1.54) is 35.0 Å². The first-order valence-corrected chi connectivity index (χ1v) is 11.1. The summed E-state index contributed by atoms with van der Waals surface area (Å²) in [6.07, 6.45) is 1.54. The normalized spacial score (nSPS) is 11.4. The van der Waals surface area contributed by atoms with Gasteiger partial charge in [0.1, 0.15) is 33.4 Å². The molecule has 35 heavy (non-hydrogen) atoms. The lowest BCUT2D eigenvalue weighted by Gasteiger charge is -2.14. The van der Waals surface area contributed by atoms with Crippen molar-refractivity contribution in [1.29, 1.82) is 0 Å². The van der Waals surface area contributed by atoms with Crippen molar-refractivity contribution in [2.45, 2.75) is 23.3 Å². The summed E-state index contributed by atoms with van der Waals surface area (Å²) < 4.78 is 47.6. The van der Waals surface area contributed by atoms with Crippen molar-refractivity contribution in [3.8, 4) is 5.75 Å². The number of fused-ring (bicyclic) bond motifs is 3. The molecule has 2 aromatic carbocycles. The molecule has 0 amide bonds. The quantitative estimate of drug-likeness (QED) is 0.347. The Balaban J connectivity index is 1.79. The second-order valence-corrected chi connectivity index (χ2v) is 8.90. The summed E-state index contributed by atoms with van der Waals surface area (Å²) in [6.45, 7) is 1.75. The molecule has 176 valence electrons. The third kappa shape index (κ3) is 4.06. The van der Waals surface area contributed by atoms with Gasteiger partial charge in [-0.3, -0.25) is 9.36 Å². The maximum absolute atomic E-state index is 14.2. The largest absolute Gasteiger partial charge is 0.505 e. The number of halogens is 3. The van der Waals surface area contributed by atoms with Gasteiger partial charge >= 0.3 is 5.63 Å². The smallest absolute Gasteiger partial charge is 0.354 e. The van der Waals surface area contributed by atoms with Crippen molar-refractivity contribution < 1.29 is 22.7 Å². The third-order valence-corrected chi connectivity index (χ3v) is 6.50. The zero-order chi connectivity index (χ0) is 24.9. The van der Waals surface area contributed by atoms with Gasteiger partial charge < -0.3 is 9.52 Å². The predicted molar refractivity (Wildman–Crippen MR) is 124 cm³/mol. The van der Waals surface area contributed by atoms with E-state index in [1.807, 2.05) is 0 Å². The van der Waals surface area contributed by atoms with Crippen LogP contribution in [-0.2, 0) is 6.54 Å². The van der Waals surface area contributed by atoms with Gasteiger partial charge in [-0.25, -0.2) is 22.9 Å². The minimum absolute atomic E-state index is 0.00472. The molecule has 0 aliphatic carbocycles. The van der Waals surface area contributed by atoms with Gasteiger partial charge in [0.2, 0.25) is 0 Å². The minimum atomic E-state index is -0.998. The number of hydrogen-bond acceptors (Lipinski definition) is 6. The minimum Gasteiger partial charge on any atom is -0.505 e. The number of benzene rings is 2. The van der Waals surface area contributed by atoms with Gasteiger partial charge in [0.25, 0.3) is 5.56 Å². The van der Waals surface area contributed by atoms with E-state index in [0.29, 0.717) is 34.3 Å². The van der Waals surface area contributed by atoms with Crippen molar-refractivity contribution in [3.05, 3.63) is 104 Å². The lowest BCUT2D eigenvalue weighted by molar-refractivity contribution is 0.446. The van der Waals surface area contributed by atoms with Crippen LogP contribution in [0.15, 0.2) is 78.5 Å². The number of aromatic hydroxyl groups is 1. The molecule has 0 atom stereocenters. The van der Waals surface area contributed by atoms with E-state index >= 15 is 0 Å². The Morgan fingerprint density at radius 1 is 1.03 bits per heavy atom. The zero-order valence-electron chi connectivity index (χ0n) is 18.0. The Hall–Kier alpha value is -4.05. The van der Waals surface area contributed by atoms with E-state index in [2.05, 4.69) is 4.98 Å². The van der Waals surface area contributed by atoms with Crippen LogP contribution in [0, 0.1) is 24.4 Å². The van der Waals surface area contributed by atoms with Crippen LogP contribution in [0.25, 0.3) is 22.0 Å². The van der Waals surface area contributed by atoms with Gasteiger partial charge in [0.15, 0.2) is 11.3 Å². The highest BCUT2D eigenvalue weighted by molar-refractivity contribution is 7.99. The van der Waals surface area contributed by atoms with Crippen LogP contribution < -0.4 is 11.2 Å². The average Bonchev–Trinajstić information content (AvgIpc) is 2.81. The monoisotopic (exact) mass is 496 g/mol. The molecule has 0 bridgehead atoms. The molecule has 0 radical (unpaired) electrons. The molecule has 3 heterocycles. The maximum atomic E-state index is 14.2. The van der Waals surface area contributed by atoms with Crippen LogP contribution in [0.4, 0.5) is 13.2 Å². The first kappa shape index (κ1) is 22.7. The second-order valence-electron chi connectivity index (χ2n) is 7.85. The van der Waals surface area contributed by atoms with Gasteiger partial charge in [-0.2, -0.15) is 0 Å². The number of pyridine rings is 2. The highest BCUT2D eigenvalue weighted by atomic mass is 32.2. The van der Waals surface area contributed by atoms with Crippen LogP contribution in [-0.4, -0.2) is 14.7 Å². The van der Waals surface area contributed by atoms with Crippen molar-refractivity contribution in [1.82, 2.24) is 9.55 Å². The van der Waals surface area contributed by atoms with Crippen molar-refractivity contribution >= 4 is 33.8 Å². The summed E-state index contributed by atoms with van der Waals surface area (Å²) in [7, 11) is 0. The molecule has 0 saturated carbocycles. The van der Waals surface area contributed by atoms with Gasteiger partial charge in [-0.1, -0.05) is 23.9 Å². The Morgan fingerprint density at radius 3 is 2.46 bits per heavy atom. The first-order valence-electron chi connectivity index (χ1n) is 10.3. The summed E-state index contributed by atoms with van der Waals surface area (Å²) in [5.74, 6) is -2.88. The Morgan fingerprint density at radius 2 is 1.74 bits per heavy atom. The SMILES string of the molecule is Cc1cnc2c(c1)c1oc(=O)c(Sc3ccc(F)cc3F)c(O)c1c(=O)n2Cc1ccc(F)cc1. The van der Waals surface area contributed by atoms with E-state index in [-0.39, 0.29) is 28.1 Å². The molecule has 5 aromatic rings. The van der Waals surface area contributed by atoms with Crippen molar-refractivity contribution in [3.63, 3.8) is 0 Å². The van der Waals surface area contributed by atoms with Crippen LogP contribution in [0.1, 0.15) is 11.1 Å². The molecule has 1 N–H and O–H groups in total. The lowest BCUT2D eigenvalue weighted by atomic mass is 10.1. The molecular weight excluding hydrogens is 481 g/mol. The van der Waals surface area contributed by atoms with Crippen LogP contribution >= 0.6 is 11.8 Å². The molecule has 0 aliphatic rings. The molecule has 3 aromatic heterocycles. The van der Waals surface area contributed by atoms with E-state index in [1.54, 1.807) is 13.0 Å². The lowest BCUT2D eigenvalue weighted by Crippen LogP contribution is -2.23. The molecular formula is C25H15F3N2O4S. The summed E-state index contributed by atoms with van der Waals surface area (Å²) in [4.78, 5) is 30.1. The molecule has 0 spiro atoms. The van der Waals surface area contributed by atoms with Crippen LogP contribution in [0.3, 0.4) is 0 Å². The molecule has 0 aliphatic heterocycles. The van der Waals surface area contributed by atoms with Crippen LogP contribution in [0.2, 0.25) is 0 Å². The molecule has 6 nitrogen and oxygen atoms in total. The highest BCUT2D eigenvalue weighted by Crippen LogP contribution is 2.38. The summed E-state index contributed by atoms with van der Waals surface area (Å²) >= 11 is 0.516. The van der Waals surface area contributed by atoms with Crippen molar-refractivity contribution in [2.75, 3.05) is 0 Å². The number of rotatable bonds is 4. The van der Waals surface area contributed by atoms with Gasteiger partial charge in [-0.05, 0) is 48.4 Å². The summed E-state index contributed by atoms with van der Waals surface area (Å²) in [6, 6.07) is 9.93. The van der Waals surface area contributed by atoms with Gasteiger partial charge in [0.05, 0.1) is 11.9 Å². The average molecular weight is 496 g/mol. The molecule has 0 unspecified atom stereocenters.